The van der Waals surface area contributed by atoms with E-state index in [2.05, 4.69) is 6.58 Å². The number of carbonyl (C=O) groups excluding carboxylic acids is 2. The number of nitrogens with two attached hydrogens (primary N) is 2. The first-order valence-electron chi connectivity index (χ1n) is 11.0. The van der Waals surface area contributed by atoms with Crippen molar-refractivity contribution in [2.24, 2.45) is 5.92 Å². The first-order valence-corrected chi connectivity index (χ1v) is 11.0. The van der Waals surface area contributed by atoms with Gasteiger partial charge in [-0.3, -0.25) is 4.79 Å². The van der Waals surface area contributed by atoms with E-state index >= 15 is 0 Å². The Hall–Kier alpha value is -3.58. The van der Waals surface area contributed by atoms with Gasteiger partial charge in [0.2, 0.25) is 0 Å². The highest BCUT2D eigenvalue weighted by Crippen LogP contribution is 2.28. The lowest BCUT2D eigenvalue weighted by Gasteiger charge is -2.26. The van der Waals surface area contributed by atoms with Crippen LogP contribution in [0.1, 0.15) is 36.8 Å². The van der Waals surface area contributed by atoms with Crippen LogP contribution in [0, 0.1) is 5.92 Å². The minimum Gasteiger partial charge on any atom is -0.458 e. The molecule has 1 aliphatic carbocycles. The van der Waals surface area contributed by atoms with Gasteiger partial charge in [-0.25, -0.2) is 4.79 Å². The number of esters is 2. The zero-order valence-corrected chi connectivity index (χ0v) is 18.6. The van der Waals surface area contributed by atoms with Gasteiger partial charge in [-0.2, -0.15) is 0 Å². The van der Waals surface area contributed by atoms with Crippen LogP contribution >= 0.6 is 0 Å². The second-order valence-electron chi connectivity index (χ2n) is 8.03. The summed E-state index contributed by atoms with van der Waals surface area (Å²) in [6, 6.07) is 12.0. The Morgan fingerprint density at radius 3 is 2.30 bits per heavy atom. The van der Waals surface area contributed by atoms with Gasteiger partial charge >= 0.3 is 11.9 Å². The van der Waals surface area contributed by atoms with Gasteiger partial charge < -0.3 is 25.7 Å². The predicted molar refractivity (Wildman–Crippen MR) is 128 cm³/mol. The molecule has 7 nitrogen and oxygen atoms in total. The number of rotatable bonds is 9. The number of hydrogen-bond donors (Lipinski definition) is 2. The average molecular weight is 451 g/mol. The maximum Gasteiger partial charge on any atom is 0.331 e. The molecule has 0 saturated heterocycles. The Balaban J connectivity index is 1.43. The summed E-state index contributed by atoms with van der Waals surface area (Å²) in [6.07, 6.45) is 8.10. The summed E-state index contributed by atoms with van der Waals surface area (Å²) in [4.78, 5) is 24.4. The lowest BCUT2D eigenvalue weighted by Crippen LogP contribution is -2.28. The van der Waals surface area contributed by atoms with Gasteiger partial charge in [0, 0.05) is 17.5 Å². The summed E-state index contributed by atoms with van der Waals surface area (Å²) < 4.78 is 16.4. The third kappa shape index (κ3) is 7.80. The van der Waals surface area contributed by atoms with Crippen molar-refractivity contribution in [3.63, 3.8) is 0 Å². The number of carbonyl (C=O) groups is 2. The van der Waals surface area contributed by atoms with Crippen LogP contribution < -0.4 is 16.2 Å². The van der Waals surface area contributed by atoms with Crippen LogP contribution in [0.5, 0.6) is 5.75 Å². The van der Waals surface area contributed by atoms with Crippen LogP contribution in [-0.2, 0) is 25.7 Å². The van der Waals surface area contributed by atoms with E-state index in [1.165, 1.54) is 6.08 Å². The van der Waals surface area contributed by atoms with Crippen LogP contribution in [0.25, 0.3) is 6.08 Å². The lowest BCUT2D eigenvalue weighted by molar-refractivity contribution is -0.141. The molecule has 0 unspecified atom stereocenters. The van der Waals surface area contributed by atoms with Crippen LogP contribution in [0.15, 0.2) is 61.2 Å². The van der Waals surface area contributed by atoms with E-state index < -0.39 is 5.97 Å². The summed E-state index contributed by atoms with van der Waals surface area (Å²) in [7, 11) is 0. The Morgan fingerprint density at radius 1 is 1.00 bits per heavy atom. The Morgan fingerprint density at radius 2 is 1.67 bits per heavy atom. The van der Waals surface area contributed by atoms with Gasteiger partial charge in [0.05, 0.1) is 18.6 Å². The predicted octanol–water partition coefficient (Wildman–Crippen LogP) is 4.27. The van der Waals surface area contributed by atoms with Gasteiger partial charge in [0.25, 0.3) is 0 Å². The fourth-order valence-corrected chi connectivity index (χ4v) is 3.71. The Kier molecular flexibility index (Phi) is 8.66. The molecule has 0 heterocycles. The van der Waals surface area contributed by atoms with E-state index in [0.717, 1.165) is 36.8 Å². The van der Waals surface area contributed by atoms with E-state index in [-0.39, 0.29) is 24.6 Å². The normalized spacial score (nSPS) is 18.1. The zero-order valence-electron chi connectivity index (χ0n) is 18.6. The molecule has 0 amide bonds. The minimum absolute atomic E-state index is 0.0790. The van der Waals surface area contributed by atoms with Crippen molar-refractivity contribution in [3.05, 3.63) is 72.3 Å². The van der Waals surface area contributed by atoms with E-state index in [0.29, 0.717) is 23.7 Å². The average Bonchev–Trinajstić information content (AvgIpc) is 2.80. The molecule has 2 aromatic carbocycles. The highest BCUT2D eigenvalue weighted by molar-refractivity contribution is 5.87. The fourth-order valence-electron chi connectivity index (χ4n) is 3.71. The van der Waals surface area contributed by atoms with E-state index in [1.54, 1.807) is 54.6 Å². The van der Waals surface area contributed by atoms with Crippen molar-refractivity contribution in [1.29, 1.82) is 0 Å². The number of benzene rings is 2. The Bertz CT molecular complexity index is 972. The molecule has 0 radical (unpaired) electrons. The van der Waals surface area contributed by atoms with Crippen molar-refractivity contribution < 1.29 is 23.8 Å². The molecule has 1 saturated carbocycles. The molecule has 174 valence electrons. The molecular weight excluding hydrogens is 420 g/mol. The fraction of sp³-hybridized carbons (Fsp3) is 0.308. The zero-order chi connectivity index (χ0) is 23.6. The molecule has 0 atom stereocenters. The third-order valence-corrected chi connectivity index (χ3v) is 5.39. The van der Waals surface area contributed by atoms with Crippen molar-refractivity contribution >= 4 is 29.4 Å². The molecule has 0 spiro atoms. The summed E-state index contributed by atoms with van der Waals surface area (Å²) in [5.74, 6) is -0.340. The SMILES string of the molecule is C=CCOC1CCC(C(=O)Oc2ccc(/C=C/C(=O)OCc3cc(N)cc(N)c3)cc2)CC1. The molecule has 1 aliphatic rings. The van der Waals surface area contributed by atoms with Crippen molar-refractivity contribution in [2.75, 3.05) is 18.1 Å². The lowest BCUT2D eigenvalue weighted by atomic mass is 9.87. The van der Waals surface area contributed by atoms with Crippen LogP contribution in [0.2, 0.25) is 0 Å². The van der Waals surface area contributed by atoms with Gasteiger partial charge in [-0.05, 0) is 73.2 Å². The van der Waals surface area contributed by atoms with Crippen LogP contribution in [0.3, 0.4) is 0 Å². The smallest absolute Gasteiger partial charge is 0.331 e. The summed E-state index contributed by atoms with van der Waals surface area (Å²) >= 11 is 0. The molecule has 1 fully saturated rings. The monoisotopic (exact) mass is 450 g/mol. The van der Waals surface area contributed by atoms with Gasteiger partial charge in [0.1, 0.15) is 12.4 Å². The van der Waals surface area contributed by atoms with Gasteiger partial charge in [0.15, 0.2) is 0 Å². The molecule has 4 N–H and O–H groups in total. The number of anilines is 2. The van der Waals surface area contributed by atoms with E-state index in [9.17, 15) is 9.59 Å². The molecule has 2 aromatic rings. The van der Waals surface area contributed by atoms with Gasteiger partial charge in [-0.1, -0.05) is 18.2 Å². The topological polar surface area (TPSA) is 114 Å². The highest BCUT2D eigenvalue weighted by Gasteiger charge is 2.28. The number of nitrogen functional groups attached to an aromatic ring is 2. The maximum absolute atomic E-state index is 12.4. The molecule has 3 rings (SSSR count). The molecule has 0 bridgehead atoms. The second kappa shape index (κ2) is 11.9. The quantitative estimate of drug-likeness (QED) is 0.193. The number of ether oxygens (including phenoxy) is 3. The van der Waals surface area contributed by atoms with Crippen LogP contribution in [-0.4, -0.2) is 24.6 Å². The minimum atomic E-state index is -0.487. The van der Waals surface area contributed by atoms with Crippen molar-refractivity contribution in [1.82, 2.24) is 0 Å². The second-order valence-corrected chi connectivity index (χ2v) is 8.03. The van der Waals surface area contributed by atoms with Crippen LogP contribution in [0.4, 0.5) is 11.4 Å². The van der Waals surface area contributed by atoms with Crippen molar-refractivity contribution in [3.8, 4) is 5.75 Å². The highest BCUT2D eigenvalue weighted by atomic mass is 16.5. The summed E-state index contributed by atoms with van der Waals surface area (Å²) in [5, 5.41) is 0. The molecule has 0 aliphatic heterocycles. The van der Waals surface area contributed by atoms with Crippen molar-refractivity contribution in [2.45, 2.75) is 38.4 Å². The molecular formula is C26H30N2O5. The summed E-state index contributed by atoms with van der Waals surface area (Å²) in [6.45, 7) is 4.27. The third-order valence-electron chi connectivity index (χ3n) is 5.39. The first kappa shape index (κ1) is 24.1. The maximum atomic E-state index is 12.4. The molecule has 7 heteroatoms. The Labute approximate surface area is 194 Å². The first-order chi connectivity index (χ1) is 15.9. The standard InChI is InChI=1S/C26H30N2O5/c1-2-13-31-23-10-6-20(7-11-23)26(30)33-24-8-3-18(4-9-24)5-12-25(29)32-17-19-14-21(27)16-22(28)15-19/h2-5,8-9,12,14-16,20,23H,1,6-7,10-11,13,17,27-28H2/b12-5+. The van der Waals surface area contributed by atoms with Gasteiger partial charge in [-0.15, -0.1) is 6.58 Å². The van der Waals surface area contributed by atoms with E-state index in [1.807, 2.05) is 0 Å². The molecule has 0 aromatic heterocycles. The molecule has 33 heavy (non-hydrogen) atoms. The number of hydrogen-bond acceptors (Lipinski definition) is 7. The van der Waals surface area contributed by atoms with E-state index in [4.69, 9.17) is 25.7 Å². The largest absolute Gasteiger partial charge is 0.458 e. The summed E-state index contributed by atoms with van der Waals surface area (Å²) in [5.41, 5.74) is 14.0.